The quantitative estimate of drug-likeness (QED) is 0.510. The molecule has 8 nitrogen and oxygen atoms in total. The number of imidazole rings is 1. The van der Waals surface area contributed by atoms with E-state index >= 15 is 0 Å². The molecule has 4 aromatic rings. The Kier molecular flexibility index (Phi) is 4.97. The molecule has 0 bridgehead atoms. The molecule has 0 unspecified atom stereocenters. The number of anilines is 2. The summed E-state index contributed by atoms with van der Waals surface area (Å²) < 4.78 is 12.5. The molecular formula is C22H21N5O3. The molecule has 0 radical (unpaired) electrons. The van der Waals surface area contributed by atoms with Gasteiger partial charge >= 0.3 is 0 Å². The number of ether oxygens (including phenoxy) is 2. The molecule has 0 aliphatic heterocycles. The van der Waals surface area contributed by atoms with Gasteiger partial charge in [-0.2, -0.15) is 0 Å². The van der Waals surface area contributed by atoms with Gasteiger partial charge in [-0.3, -0.25) is 4.79 Å². The van der Waals surface area contributed by atoms with Crippen LogP contribution in [0.3, 0.4) is 0 Å². The van der Waals surface area contributed by atoms with Crippen molar-refractivity contribution in [2.75, 3.05) is 19.5 Å². The zero-order valence-electron chi connectivity index (χ0n) is 16.8. The normalized spacial score (nSPS) is 10.8. The van der Waals surface area contributed by atoms with E-state index in [4.69, 9.17) is 20.2 Å². The highest BCUT2D eigenvalue weighted by Gasteiger charge is 2.13. The Morgan fingerprint density at radius 3 is 2.63 bits per heavy atom. The number of aromatic nitrogens is 3. The molecule has 2 aromatic carbocycles. The van der Waals surface area contributed by atoms with Crippen LogP contribution in [-0.2, 0) is 0 Å². The number of hydrogen-bond donors (Lipinski definition) is 2. The van der Waals surface area contributed by atoms with Crippen LogP contribution < -0.4 is 20.5 Å². The van der Waals surface area contributed by atoms with Crippen LogP contribution >= 0.6 is 0 Å². The smallest absolute Gasteiger partial charge is 0.248 e. The van der Waals surface area contributed by atoms with Gasteiger partial charge in [-0.25, -0.2) is 9.97 Å². The summed E-state index contributed by atoms with van der Waals surface area (Å²) in [5.74, 6) is 1.32. The van der Waals surface area contributed by atoms with Crippen LogP contribution in [0.15, 0.2) is 55.0 Å². The number of rotatable bonds is 6. The van der Waals surface area contributed by atoms with Crippen molar-refractivity contribution in [2.45, 2.75) is 6.92 Å². The summed E-state index contributed by atoms with van der Waals surface area (Å²) in [5, 5.41) is 3.30. The van der Waals surface area contributed by atoms with Crippen molar-refractivity contribution in [1.29, 1.82) is 0 Å². The molecule has 0 aliphatic rings. The minimum absolute atomic E-state index is 0.467. The fourth-order valence-electron chi connectivity index (χ4n) is 3.25. The lowest BCUT2D eigenvalue weighted by molar-refractivity contribution is 0.0999. The molecular weight excluding hydrogens is 382 g/mol. The van der Waals surface area contributed by atoms with E-state index in [2.05, 4.69) is 10.3 Å². The van der Waals surface area contributed by atoms with Gasteiger partial charge in [0.1, 0.15) is 0 Å². The van der Waals surface area contributed by atoms with E-state index in [1.165, 1.54) is 0 Å². The molecule has 0 spiro atoms. The molecule has 2 aromatic heterocycles. The van der Waals surface area contributed by atoms with Crippen LogP contribution in [-0.4, -0.2) is 34.5 Å². The number of carbonyl (C=O) groups is 1. The maximum Gasteiger partial charge on any atom is 0.248 e. The van der Waals surface area contributed by atoms with Crippen molar-refractivity contribution in [3.8, 4) is 22.8 Å². The molecule has 3 N–H and O–H groups in total. The van der Waals surface area contributed by atoms with Crippen molar-refractivity contribution >= 4 is 23.1 Å². The van der Waals surface area contributed by atoms with E-state index in [1.54, 1.807) is 26.5 Å². The van der Waals surface area contributed by atoms with Crippen LogP contribution in [0.2, 0.25) is 0 Å². The van der Waals surface area contributed by atoms with Crippen LogP contribution in [0.4, 0.5) is 11.5 Å². The Morgan fingerprint density at radius 1 is 1.10 bits per heavy atom. The predicted molar refractivity (Wildman–Crippen MR) is 115 cm³/mol. The highest BCUT2D eigenvalue weighted by molar-refractivity contribution is 5.95. The number of methoxy groups -OCH3 is 2. The molecule has 0 saturated carbocycles. The van der Waals surface area contributed by atoms with Gasteiger partial charge in [0.15, 0.2) is 23.0 Å². The molecule has 8 heteroatoms. The number of hydrogen-bond acceptors (Lipinski definition) is 6. The second-order valence-electron chi connectivity index (χ2n) is 6.72. The minimum Gasteiger partial charge on any atom is -0.493 e. The van der Waals surface area contributed by atoms with Gasteiger partial charge in [0.2, 0.25) is 5.91 Å². The topological polar surface area (TPSA) is 104 Å². The Labute approximate surface area is 173 Å². The number of benzene rings is 2. The molecule has 0 saturated heterocycles. The fourth-order valence-corrected chi connectivity index (χ4v) is 3.25. The zero-order valence-corrected chi connectivity index (χ0v) is 16.8. The number of carbonyl (C=O) groups excluding carboxylic acids is 1. The van der Waals surface area contributed by atoms with E-state index in [0.29, 0.717) is 34.2 Å². The first-order chi connectivity index (χ1) is 14.5. The highest BCUT2D eigenvalue weighted by Crippen LogP contribution is 2.32. The van der Waals surface area contributed by atoms with Crippen LogP contribution in [0.5, 0.6) is 11.5 Å². The second kappa shape index (κ2) is 7.75. The third-order valence-electron chi connectivity index (χ3n) is 4.82. The van der Waals surface area contributed by atoms with E-state index in [-0.39, 0.29) is 0 Å². The fraction of sp³-hybridized carbons (Fsp3) is 0.136. The summed E-state index contributed by atoms with van der Waals surface area (Å²) in [6.45, 7) is 1.85. The van der Waals surface area contributed by atoms with Gasteiger partial charge in [-0.05, 0) is 30.7 Å². The maximum atomic E-state index is 11.7. The number of nitrogens with one attached hydrogen (secondary N) is 1. The monoisotopic (exact) mass is 403 g/mol. The van der Waals surface area contributed by atoms with Gasteiger partial charge in [-0.15, -0.1) is 0 Å². The Bertz CT molecular complexity index is 1250. The number of primary amides is 1. The number of fused-ring (bicyclic) bond motifs is 1. The third kappa shape index (κ3) is 3.50. The largest absolute Gasteiger partial charge is 0.493 e. The number of nitrogens with zero attached hydrogens (tertiary/aromatic N) is 3. The van der Waals surface area contributed by atoms with Crippen molar-refractivity contribution < 1.29 is 14.3 Å². The predicted octanol–water partition coefficient (Wildman–Crippen LogP) is 3.56. The summed E-state index contributed by atoms with van der Waals surface area (Å²) in [6, 6.07) is 11.0. The van der Waals surface area contributed by atoms with Crippen molar-refractivity contribution in [2.24, 2.45) is 5.73 Å². The van der Waals surface area contributed by atoms with Gasteiger partial charge < -0.3 is 24.9 Å². The van der Waals surface area contributed by atoms with Crippen molar-refractivity contribution in [3.63, 3.8) is 0 Å². The maximum absolute atomic E-state index is 11.7. The molecule has 2 heterocycles. The van der Waals surface area contributed by atoms with E-state index < -0.39 is 5.91 Å². The molecule has 0 aliphatic carbocycles. The first kappa shape index (κ1) is 19.3. The highest BCUT2D eigenvalue weighted by atomic mass is 16.5. The number of aryl methyl sites for hydroxylation is 1. The lowest BCUT2D eigenvalue weighted by Gasteiger charge is -2.13. The SMILES string of the molecule is COc1ccc(Nc2nc(-c3ccc(C)c(C(N)=O)c3)cn3ccnc23)cc1OC. The number of amides is 1. The van der Waals surface area contributed by atoms with Crippen molar-refractivity contribution in [1.82, 2.24) is 14.4 Å². The standard InChI is InChI=1S/C22H21N5O3/c1-13-4-5-14(10-16(13)20(23)28)17-12-27-9-8-24-22(27)21(26-17)25-15-6-7-18(29-2)19(11-15)30-3/h4-12H,1-3H3,(H2,23,28)(H,25,26). The Morgan fingerprint density at radius 2 is 1.90 bits per heavy atom. The summed E-state index contributed by atoms with van der Waals surface area (Å²) in [5.41, 5.74) is 9.68. The van der Waals surface area contributed by atoms with E-state index in [0.717, 1.165) is 16.8 Å². The molecule has 0 atom stereocenters. The van der Waals surface area contributed by atoms with Gasteiger partial charge in [0, 0.05) is 41.5 Å². The lowest BCUT2D eigenvalue weighted by Crippen LogP contribution is -2.12. The first-order valence-corrected chi connectivity index (χ1v) is 9.23. The van der Waals surface area contributed by atoms with Gasteiger partial charge in [0.25, 0.3) is 0 Å². The lowest BCUT2D eigenvalue weighted by atomic mass is 10.0. The second-order valence-corrected chi connectivity index (χ2v) is 6.72. The summed E-state index contributed by atoms with van der Waals surface area (Å²) in [7, 11) is 3.17. The summed E-state index contributed by atoms with van der Waals surface area (Å²) in [6.07, 6.45) is 5.39. The van der Waals surface area contributed by atoms with Crippen LogP contribution in [0.1, 0.15) is 15.9 Å². The zero-order chi connectivity index (χ0) is 21.3. The van der Waals surface area contributed by atoms with Gasteiger partial charge in [-0.1, -0.05) is 12.1 Å². The van der Waals surface area contributed by atoms with E-state index in [1.807, 2.05) is 54.0 Å². The molecule has 30 heavy (non-hydrogen) atoms. The van der Waals surface area contributed by atoms with Crippen LogP contribution in [0.25, 0.3) is 16.9 Å². The first-order valence-electron chi connectivity index (χ1n) is 9.23. The molecule has 152 valence electrons. The molecule has 1 amide bonds. The van der Waals surface area contributed by atoms with E-state index in [9.17, 15) is 4.79 Å². The average Bonchev–Trinajstić information content (AvgIpc) is 3.22. The van der Waals surface area contributed by atoms with Gasteiger partial charge in [0.05, 0.1) is 19.9 Å². The average molecular weight is 403 g/mol. The Hall–Kier alpha value is -4.07. The third-order valence-corrected chi connectivity index (χ3v) is 4.82. The summed E-state index contributed by atoms with van der Waals surface area (Å²) in [4.78, 5) is 20.9. The van der Waals surface area contributed by atoms with Crippen molar-refractivity contribution in [3.05, 3.63) is 66.1 Å². The molecule has 0 fully saturated rings. The number of nitrogens with two attached hydrogens (primary N) is 1. The molecule has 4 rings (SSSR count). The summed E-state index contributed by atoms with van der Waals surface area (Å²) >= 11 is 0. The minimum atomic E-state index is -0.471. The van der Waals surface area contributed by atoms with Crippen LogP contribution in [0, 0.1) is 6.92 Å². The Balaban J connectivity index is 1.79.